The summed E-state index contributed by atoms with van der Waals surface area (Å²) >= 11 is 0. The summed E-state index contributed by atoms with van der Waals surface area (Å²) < 4.78 is 10.8. The summed E-state index contributed by atoms with van der Waals surface area (Å²) in [6.45, 7) is 8.05. The first-order valence-electron chi connectivity index (χ1n) is 9.38. The highest BCUT2D eigenvalue weighted by Crippen LogP contribution is 2.17. The molecular formula is C23H26N2O4. The minimum atomic E-state index is -0.138. The maximum Gasteiger partial charge on any atom is 0.224 e. The lowest BCUT2D eigenvalue weighted by Gasteiger charge is -2.08. The van der Waals surface area contributed by atoms with Gasteiger partial charge in [0, 0.05) is 24.2 Å². The Labute approximate surface area is 171 Å². The number of carbonyl (C=O) groups is 2. The van der Waals surface area contributed by atoms with Gasteiger partial charge in [-0.1, -0.05) is 25.3 Å². The third kappa shape index (κ3) is 8.34. The first-order valence-corrected chi connectivity index (χ1v) is 9.38. The molecule has 2 N–H and O–H groups in total. The van der Waals surface area contributed by atoms with Gasteiger partial charge in [-0.3, -0.25) is 9.59 Å². The van der Waals surface area contributed by atoms with Crippen LogP contribution in [0.1, 0.15) is 19.3 Å². The van der Waals surface area contributed by atoms with E-state index in [1.165, 1.54) is 0 Å². The van der Waals surface area contributed by atoms with Gasteiger partial charge in [0.2, 0.25) is 11.8 Å². The second-order valence-electron chi connectivity index (χ2n) is 6.20. The third-order valence-electron chi connectivity index (χ3n) is 3.82. The van der Waals surface area contributed by atoms with Gasteiger partial charge in [0.15, 0.2) is 0 Å². The van der Waals surface area contributed by atoms with Gasteiger partial charge in [0.1, 0.15) is 24.7 Å². The Hall–Kier alpha value is -3.54. The number of ether oxygens (including phenoxy) is 2. The fourth-order valence-electron chi connectivity index (χ4n) is 2.44. The number of carbonyl (C=O) groups excluding carboxylic acids is 2. The maximum absolute atomic E-state index is 12.0. The van der Waals surface area contributed by atoms with Crippen LogP contribution in [-0.2, 0) is 9.59 Å². The lowest BCUT2D eigenvalue weighted by atomic mass is 10.2. The second kappa shape index (κ2) is 12.0. The molecule has 0 aromatic heterocycles. The molecule has 0 unspecified atom stereocenters. The molecule has 0 bridgehead atoms. The number of benzene rings is 2. The third-order valence-corrected chi connectivity index (χ3v) is 3.82. The fraction of sp³-hybridized carbons (Fsp3) is 0.217. The molecule has 29 heavy (non-hydrogen) atoms. The van der Waals surface area contributed by atoms with Crippen molar-refractivity contribution in [3.8, 4) is 11.5 Å². The summed E-state index contributed by atoms with van der Waals surface area (Å²) in [6, 6.07) is 14.2. The lowest BCUT2D eigenvalue weighted by Crippen LogP contribution is -2.14. The normalized spacial score (nSPS) is 9.93. The Morgan fingerprint density at radius 1 is 0.724 bits per heavy atom. The first-order chi connectivity index (χ1) is 14.1. The van der Waals surface area contributed by atoms with Crippen LogP contribution in [-0.4, -0.2) is 25.0 Å². The molecule has 0 atom stereocenters. The summed E-state index contributed by atoms with van der Waals surface area (Å²) in [4.78, 5) is 24.0. The van der Waals surface area contributed by atoms with Gasteiger partial charge in [-0.2, -0.15) is 0 Å². The van der Waals surface area contributed by atoms with Crippen LogP contribution in [0.15, 0.2) is 73.8 Å². The molecule has 0 aliphatic heterocycles. The van der Waals surface area contributed by atoms with E-state index in [1.54, 1.807) is 60.7 Å². The number of hydrogen-bond donors (Lipinski definition) is 2. The summed E-state index contributed by atoms with van der Waals surface area (Å²) in [6.07, 6.45) is 4.31. The van der Waals surface area contributed by atoms with Crippen molar-refractivity contribution in [1.82, 2.24) is 0 Å². The van der Waals surface area contributed by atoms with Crippen LogP contribution in [0, 0.1) is 0 Å². The predicted molar refractivity (Wildman–Crippen MR) is 115 cm³/mol. The van der Waals surface area contributed by atoms with Crippen molar-refractivity contribution in [3.05, 3.63) is 73.8 Å². The molecule has 2 aromatic rings. The van der Waals surface area contributed by atoms with E-state index in [0.717, 1.165) is 0 Å². The van der Waals surface area contributed by atoms with Gasteiger partial charge < -0.3 is 20.1 Å². The molecule has 2 rings (SSSR count). The molecule has 6 nitrogen and oxygen atoms in total. The quantitative estimate of drug-likeness (QED) is 0.517. The van der Waals surface area contributed by atoms with Crippen LogP contribution in [0.4, 0.5) is 11.4 Å². The van der Waals surface area contributed by atoms with Crippen molar-refractivity contribution in [2.45, 2.75) is 19.3 Å². The first kappa shape index (κ1) is 21.8. The maximum atomic E-state index is 12.0. The number of rotatable bonds is 12. The van der Waals surface area contributed by atoms with Crippen molar-refractivity contribution >= 4 is 23.2 Å². The highest BCUT2D eigenvalue weighted by atomic mass is 16.5. The zero-order chi connectivity index (χ0) is 20.9. The molecule has 0 aliphatic carbocycles. The number of nitrogens with one attached hydrogen (secondary N) is 2. The van der Waals surface area contributed by atoms with Crippen LogP contribution in [0.2, 0.25) is 0 Å². The van der Waals surface area contributed by atoms with E-state index < -0.39 is 0 Å². The number of anilines is 2. The fourth-order valence-corrected chi connectivity index (χ4v) is 2.44. The van der Waals surface area contributed by atoms with Gasteiger partial charge in [0.05, 0.1) is 0 Å². The highest BCUT2D eigenvalue weighted by molar-refractivity contribution is 5.93. The second-order valence-corrected chi connectivity index (χ2v) is 6.20. The molecule has 6 heteroatoms. The van der Waals surface area contributed by atoms with Crippen molar-refractivity contribution < 1.29 is 19.1 Å². The Morgan fingerprint density at radius 2 is 1.10 bits per heavy atom. The topological polar surface area (TPSA) is 76.7 Å². The minimum Gasteiger partial charge on any atom is -0.490 e. The summed E-state index contributed by atoms with van der Waals surface area (Å²) in [7, 11) is 0. The average molecular weight is 394 g/mol. The summed E-state index contributed by atoms with van der Waals surface area (Å²) in [5.41, 5.74) is 1.37. The Morgan fingerprint density at radius 3 is 1.45 bits per heavy atom. The van der Waals surface area contributed by atoms with Crippen LogP contribution < -0.4 is 20.1 Å². The van der Waals surface area contributed by atoms with E-state index in [1.807, 2.05) is 0 Å². The van der Waals surface area contributed by atoms with Crippen LogP contribution in [0.3, 0.4) is 0 Å². The zero-order valence-electron chi connectivity index (χ0n) is 16.4. The van der Waals surface area contributed by atoms with Crippen molar-refractivity contribution in [2.24, 2.45) is 0 Å². The van der Waals surface area contributed by atoms with E-state index in [2.05, 4.69) is 23.8 Å². The van der Waals surface area contributed by atoms with E-state index in [9.17, 15) is 9.59 Å². The smallest absolute Gasteiger partial charge is 0.224 e. The van der Waals surface area contributed by atoms with Gasteiger partial charge in [0.25, 0.3) is 0 Å². The van der Waals surface area contributed by atoms with E-state index in [-0.39, 0.29) is 24.7 Å². The Balaban J connectivity index is 1.67. The molecule has 2 aromatic carbocycles. The van der Waals surface area contributed by atoms with E-state index in [4.69, 9.17) is 9.47 Å². The van der Waals surface area contributed by atoms with Gasteiger partial charge in [-0.15, -0.1) is 0 Å². The standard InChI is InChI=1S/C23H26N2O4/c1-3-16-28-20-12-8-18(9-13-20)24-22(26)6-5-7-23(27)25-19-10-14-21(15-11-19)29-17-4-2/h3-4,8-15H,1-2,5-7,16-17H2,(H,24,26)(H,25,27). The molecule has 0 aliphatic rings. The number of amides is 2. The van der Waals surface area contributed by atoms with Gasteiger partial charge >= 0.3 is 0 Å². The van der Waals surface area contributed by atoms with Crippen LogP contribution in [0.5, 0.6) is 11.5 Å². The molecular weight excluding hydrogens is 368 g/mol. The largest absolute Gasteiger partial charge is 0.490 e. The van der Waals surface area contributed by atoms with Crippen LogP contribution in [0.25, 0.3) is 0 Å². The van der Waals surface area contributed by atoms with Gasteiger partial charge in [-0.25, -0.2) is 0 Å². The van der Waals surface area contributed by atoms with E-state index >= 15 is 0 Å². The number of hydrogen-bond acceptors (Lipinski definition) is 4. The molecule has 0 saturated heterocycles. The van der Waals surface area contributed by atoms with Crippen molar-refractivity contribution in [1.29, 1.82) is 0 Å². The Kier molecular flexibility index (Phi) is 9.02. The lowest BCUT2D eigenvalue weighted by molar-refractivity contribution is -0.117. The Bertz CT molecular complexity index is 744. The highest BCUT2D eigenvalue weighted by Gasteiger charge is 2.07. The molecule has 2 amide bonds. The van der Waals surface area contributed by atoms with Gasteiger partial charge in [-0.05, 0) is 55.0 Å². The van der Waals surface area contributed by atoms with Crippen LogP contribution >= 0.6 is 0 Å². The summed E-state index contributed by atoms with van der Waals surface area (Å²) in [5.74, 6) is 1.14. The summed E-state index contributed by atoms with van der Waals surface area (Å²) in [5, 5.41) is 5.61. The molecule has 0 heterocycles. The average Bonchev–Trinajstić information content (AvgIpc) is 2.72. The van der Waals surface area contributed by atoms with Crippen molar-refractivity contribution in [3.63, 3.8) is 0 Å². The zero-order valence-corrected chi connectivity index (χ0v) is 16.4. The minimum absolute atomic E-state index is 0.138. The molecule has 0 saturated carbocycles. The predicted octanol–water partition coefficient (Wildman–Crippen LogP) is 4.56. The van der Waals surface area contributed by atoms with E-state index in [0.29, 0.717) is 42.5 Å². The monoisotopic (exact) mass is 394 g/mol. The SMILES string of the molecule is C=CCOc1ccc(NC(=O)CCCC(=O)Nc2ccc(OCC=C)cc2)cc1. The molecule has 152 valence electrons. The molecule has 0 spiro atoms. The molecule has 0 fully saturated rings. The molecule has 0 radical (unpaired) electrons. The van der Waals surface area contributed by atoms with Crippen molar-refractivity contribution in [2.75, 3.05) is 23.8 Å².